The molecule has 0 unspecified atom stereocenters. The van der Waals surface area contributed by atoms with Gasteiger partial charge in [0.2, 0.25) is 0 Å². The summed E-state index contributed by atoms with van der Waals surface area (Å²) < 4.78 is 13.2. The first-order valence-electron chi connectivity index (χ1n) is 6.21. The minimum atomic E-state index is -0.655. The van der Waals surface area contributed by atoms with Gasteiger partial charge in [0.25, 0.3) is 0 Å². The highest BCUT2D eigenvalue weighted by atomic mass is 19.1. The van der Waals surface area contributed by atoms with Crippen LogP contribution in [0.3, 0.4) is 0 Å². The second-order valence-corrected chi connectivity index (χ2v) is 4.46. The Morgan fingerprint density at radius 2 is 1.88 bits per heavy atom. The van der Waals surface area contributed by atoms with Crippen LogP contribution in [0.5, 0.6) is 0 Å². The van der Waals surface area contributed by atoms with Crippen LogP contribution in [-0.4, -0.2) is 18.2 Å². The molecular formula is C14H22FNO. The fraction of sp³-hybridized carbons (Fsp3) is 0.571. The van der Waals surface area contributed by atoms with Crippen molar-refractivity contribution in [1.82, 2.24) is 0 Å². The molecule has 0 aromatic heterocycles. The Balaban J connectivity index is 3.11. The fourth-order valence-electron chi connectivity index (χ4n) is 2.21. The third-order valence-corrected chi connectivity index (χ3v) is 3.31. The third-order valence-electron chi connectivity index (χ3n) is 3.31. The first-order valence-corrected chi connectivity index (χ1v) is 6.21. The highest BCUT2D eigenvalue weighted by molar-refractivity contribution is 5.55. The van der Waals surface area contributed by atoms with E-state index < -0.39 is 6.10 Å². The van der Waals surface area contributed by atoms with Gasteiger partial charge < -0.3 is 10.0 Å². The number of hydrogen-bond acceptors (Lipinski definition) is 2. The number of halogens is 1. The quantitative estimate of drug-likeness (QED) is 0.850. The highest BCUT2D eigenvalue weighted by Gasteiger charge is 2.17. The molecular weight excluding hydrogens is 217 g/mol. The SMILES string of the molecule is CCC(CC)N(C)c1ccc(F)cc1[C@@H](C)O. The van der Waals surface area contributed by atoms with Gasteiger partial charge in [0.05, 0.1) is 6.10 Å². The van der Waals surface area contributed by atoms with E-state index >= 15 is 0 Å². The largest absolute Gasteiger partial charge is 0.389 e. The Kier molecular flexibility index (Phi) is 4.94. The average molecular weight is 239 g/mol. The van der Waals surface area contributed by atoms with E-state index in [9.17, 15) is 9.50 Å². The zero-order valence-electron chi connectivity index (χ0n) is 11.1. The van der Waals surface area contributed by atoms with Crippen LogP contribution in [0, 0.1) is 5.82 Å². The highest BCUT2D eigenvalue weighted by Crippen LogP contribution is 2.28. The molecule has 0 aliphatic heterocycles. The average Bonchev–Trinajstić information content (AvgIpc) is 2.30. The first kappa shape index (κ1) is 14.0. The molecule has 0 saturated heterocycles. The van der Waals surface area contributed by atoms with Crippen molar-refractivity contribution < 1.29 is 9.50 Å². The van der Waals surface area contributed by atoms with Crippen LogP contribution in [0.1, 0.15) is 45.3 Å². The van der Waals surface area contributed by atoms with E-state index in [0.29, 0.717) is 11.6 Å². The smallest absolute Gasteiger partial charge is 0.123 e. The summed E-state index contributed by atoms with van der Waals surface area (Å²) in [6.07, 6.45) is 1.41. The topological polar surface area (TPSA) is 23.5 Å². The predicted molar refractivity (Wildman–Crippen MR) is 69.8 cm³/mol. The van der Waals surface area contributed by atoms with Gasteiger partial charge in [0, 0.05) is 24.3 Å². The lowest BCUT2D eigenvalue weighted by Crippen LogP contribution is -2.31. The van der Waals surface area contributed by atoms with Crippen molar-refractivity contribution in [3.05, 3.63) is 29.6 Å². The van der Waals surface area contributed by atoms with Gasteiger partial charge in [-0.3, -0.25) is 0 Å². The molecule has 1 atom stereocenters. The lowest BCUT2D eigenvalue weighted by atomic mass is 10.0. The van der Waals surface area contributed by atoms with Gasteiger partial charge in [-0.05, 0) is 38.0 Å². The summed E-state index contributed by atoms with van der Waals surface area (Å²) in [6.45, 7) is 5.94. The number of anilines is 1. The molecule has 0 fully saturated rings. The van der Waals surface area contributed by atoms with Crippen LogP contribution in [0.4, 0.5) is 10.1 Å². The van der Waals surface area contributed by atoms with Crippen molar-refractivity contribution in [3.8, 4) is 0 Å². The maximum absolute atomic E-state index is 13.2. The van der Waals surface area contributed by atoms with Crippen LogP contribution in [-0.2, 0) is 0 Å². The van der Waals surface area contributed by atoms with Gasteiger partial charge in [-0.15, -0.1) is 0 Å². The van der Waals surface area contributed by atoms with Crippen LogP contribution < -0.4 is 4.90 Å². The summed E-state index contributed by atoms with van der Waals surface area (Å²) in [5.41, 5.74) is 1.56. The maximum Gasteiger partial charge on any atom is 0.123 e. The zero-order chi connectivity index (χ0) is 13.0. The van der Waals surface area contributed by atoms with Gasteiger partial charge in [-0.25, -0.2) is 4.39 Å². The Hall–Kier alpha value is -1.09. The minimum Gasteiger partial charge on any atom is -0.389 e. The molecule has 1 rings (SSSR count). The van der Waals surface area contributed by atoms with Gasteiger partial charge in [0.1, 0.15) is 5.82 Å². The zero-order valence-corrected chi connectivity index (χ0v) is 11.1. The Morgan fingerprint density at radius 3 is 2.35 bits per heavy atom. The second kappa shape index (κ2) is 6.01. The summed E-state index contributed by atoms with van der Waals surface area (Å²) in [7, 11) is 2.00. The number of nitrogens with zero attached hydrogens (tertiary/aromatic N) is 1. The lowest BCUT2D eigenvalue weighted by molar-refractivity contribution is 0.199. The summed E-state index contributed by atoms with van der Waals surface area (Å²) in [5.74, 6) is -0.303. The van der Waals surface area contributed by atoms with E-state index in [1.54, 1.807) is 13.0 Å². The van der Waals surface area contributed by atoms with E-state index in [2.05, 4.69) is 18.7 Å². The molecule has 0 aliphatic carbocycles. The number of hydrogen-bond donors (Lipinski definition) is 1. The Morgan fingerprint density at radius 1 is 1.29 bits per heavy atom. The lowest BCUT2D eigenvalue weighted by Gasteiger charge is -2.31. The number of rotatable bonds is 5. The second-order valence-electron chi connectivity index (χ2n) is 4.46. The van der Waals surface area contributed by atoms with Crippen molar-refractivity contribution in [2.75, 3.05) is 11.9 Å². The van der Waals surface area contributed by atoms with Crippen molar-refractivity contribution >= 4 is 5.69 Å². The number of aliphatic hydroxyl groups excluding tert-OH is 1. The van der Waals surface area contributed by atoms with Crippen molar-refractivity contribution in [2.24, 2.45) is 0 Å². The van der Waals surface area contributed by atoms with Crippen LogP contribution in [0.2, 0.25) is 0 Å². The van der Waals surface area contributed by atoms with E-state index in [4.69, 9.17) is 0 Å². The molecule has 0 heterocycles. The molecule has 17 heavy (non-hydrogen) atoms. The monoisotopic (exact) mass is 239 g/mol. The third kappa shape index (κ3) is 3.19. The normalized spacial score (nSPS) is 12.9. The van der Waals surface area contributed by atoms with E-state index in [1.807, 2.05) is 7.05 Å². The molecule has 0 amide bonds. The van der Waals surface area contributed by atoms with E-state index in [0.717, 1.165) is 18.5 Å². The van der Waals surface area contributed by atoms with Crippen molar-refractivity contribution in [2.45, 2.75) is 45.8 Å². The number of aliphatic hydroxyl groups is 1. The summed E-state index contributed by atoms with van der Waals surface area (Å²) >= 11 is 0. The molecule has 0 aliphatic rings. The number of benzene rings is 1. The van der Waals surface area contributed by atoms with Crippen LogP contribution >= 0.6 is 0 Å². The fourth-order valence-corrected chi connectivity index (χ4v) is 2.21. The molecule has 0 spiro atoms. The Bertz CT molecular complexity index is 361. The molecule has 0 saturated carbocycles. The predicted octanol–water partition coefficient (Wildman–Crippen LogP) is 3.50. The molecule has 1 aromatic rings. The van der Waals surface area contributed by atoms with E-state index in [1.165, 1.54) is 12.1 Å². The molecule has 96 valence electrons. The van der Waals surface area contributed by atoms with Crippen molar-refractivity contribution in [1.29, 1.82) is 0 Å². The molecule has 0 radical (unpaired) electrons. The summed E-state index contributed by atoms with van der Waals surface area (Å²) in [5, 5.41) is 9.71. The standard InChI is InChI=1S/C14H22FNO/c1-5-12(6-2)16(4)14-8-7-11(15)9-13(14)10(3)17/h7-10,12,17H,5-6H2,1-4H3/t10-/m1/s1. The molecule has 1 aromatic carbocycles. The molecule has 1 N–H and O–H groups in total. The Labute approximate surface area is 103 Å². The van der Waals surface area contributed by atoms with Gasteiger partial charge in [-0.2, -0.15) is 0 Å². The van der Waals surface area contributed by atoms with Crippen LogP contribution in [0.25, 0.3) is 0 Å². The van der Waals surface area contributed by atoms with Gasteiger partial charge in [0.15, 0.2) is 0 Å². The van der Waals surface area contributed by atoms with Crippen molar-refractivity contribution in [3.63, 3.8) is 0 Å². The first-order chi connectivity index (χ1) is 8.01. The molecule has 0 bridgehead atoms. The summed E-state index contributed by atoms with van der Waals surface area (Å²) in [6, 6.07) is 5.02. The van der Waals surface area contributed by atoms with Gasteiger partial charge in [-0.1, -0.05) is 13.8 Å². The van der Waals surface area contributed by atoms with Crippen LogP contribution in [0.15, 0.2) is 18.2 Å². The minimum absolute atomic E-state index is 0.303. The maximum atomic E-state index is 13.2. The molecule has 3 heteroatoms. The summed E-state index contributed by atoms with van der Waals surface area (Å²) in [4.78, 5) is 2.13. The molecule has 2 nitrogen and oxygen atoms in total. The van der Waals surface area contributed by atoms with Gasteiger partial charge >= 0.3 is 0 Å². The van der Waals surface area contributed by atoms with E-state index in [-0.39, 0.29) is 5.82 Å².